The second-order valence-corrected chi connectivity index (χ2v) is 8.43. The molecule has 2 aromatic carbocycles. The number of ether oxygens (including phenoxy) is 1. The van der Waals surface area contributed by atoms with Gasteiger partial charge in [-0.3, -0.25) is 9.59 Å². The zero-order chi connectivity index (χ0) is 20.7. The Morgan fingerprint density at radius 3 is 2.41 bits per heavy atom. The van der Waals surface area contributed by atoms with Crippen LogP contribution in [0.3, 0.4) is 0 Å². The molecule has 0 radical (unpaired) electrons. The van der Waals surface area contributed by atoms with E-state index in [1.54, 1.807) is 0 Å². The lowest BCUT2D eigenvalue weighted by molar-refractivity contribution is -0.120. The van der Waals surface area contributed by atoms with Crippen molar-refractivity contribution < 1.29 is 22.7 Å². The van der Waals surface area contributed by atoms with Crippen molar-refractivity contribution >= 4 is 21.8 Å². The topological polar surface area (TPSA) is 105 Å². The lowest BCUT2D eigenvalue weighted by atomic mass is 10.2. The molecule has 1 heterocycles. The average Bonchev–Trinajstić information content (AvgIpc) is 2.77. The molecule has 1 fully saturated rings. The van der Waals surface area contributed by atoms with E-state index in [-0.39, 0.29) is 36.0 Å². The Hall–Kier alpha value is -2.75. The molecule has 1 saturated heterocycles. The van der Waals surface area contributed by atoms with Crippen LogP contribution in [-0.2, 0) is 26.1 Å². The molecule has 0 aromatic heterocycles. The Bertz CT molecular complexity index is 957. The van der Waals surface area contributed by atoms with E-state index in [0.717, 1.165) is 5.56 Å². The maximum atomic E-state index is 12.7. The number of carbonyl (C=O) groups excluding carboxylic acids is 2. The largest absolute Gasteiger partial charge is 0.379 e. The average molecular weight is 417 g/mol. The van der Waals surface area contributed by atoms with Gasteiger partial charge < -0.3 is 15.4 Å². The fourth-order valence-corrected chi connectivity index (χ4v) is 4.31. The van der Waals surface area contributed by atoms with E-state index in [1.807, 2.05) is 30.3 Å². The standard InChI is InChI=1S/C20H23N3O5S/c24-19(21-14-16-5-2-1-3-6-16)15-22-20(25)17-7-4-8-18(13-17)29(26,27)23-9-11-28-12-10-23/h1-8,13H,9-12,14-15H2,(H,21,24)(H,22,25). The van der Waals surface area contributed by atoms with Gasteiger partial charge in [-0.1, -0.05) is 36.4 Å². The summed E-state index contributed by atoms with van der Waals surface area (Å²) in [5.74, 6) is -0.849. The monoisotopic (exact) mass is 417 g/mol. The molecule has 0 atom stereocenters. The molecule has 0 bridgehead atoms. The first-order valence-corrected chi connectivity index (χ1v) is 10.7. The molecule has 2 amide bonds. The predicted octanol–water partition coefficient (Wildman–Crippen LogP) is 0.754. The quantitative estimate of drug-likeness (QED) is 0.692. The normalized spacial score (nSPS) is 14.9. The first-order chi connectivity index (χ1) is 14.0. The van der Waals surface area contributed by atoms with Crippen LogP contribution >= 0.6 is 0 Å². The number of morpholine rings is 1. The fourth-order valence-electron chi connectivity index (χ4n) is 2.86. The Balaban J connectivity index is 1.57. The molecule has 9 heteroatoms. The van der Waals surface area contributed by atoms with Gasteiger partial charge in [-0.25, -0.2) is 8.42 Å². The van der Waals surface area contributed by atoms with Crippen LogP contribution in [0.5, 0.6) is 0 Å². The van der Waals surface area contributed by atoms with E-state index in [2.05, 4.69) is 10.6 Å². The van der Waals surface area contributed by atoms with Crippen LogP contribution in [0.1, 0.15) is 15.9 Å². The van der Waals surface area contributed by atoms with Gasteiger partial charge in [-0.15, -0.1) is 0 Å². The van der Waals surface area contributed by atoms with Crippen molar-refractivity contribution in [2.24, 2.45) is 0 Å². The summed E-state index contributed by atoms with van der Waals surface area (Å²) in [7, 11) is -3.69. The molecule has 0 saturated carbocycles. The SMILES string of the molecule is O=C(CNC(=O)c1cccc(S(=O)(=O)N2CCOCC2)c1)NCc1ccccc1. The fraction of sp³-hybridized carbons (Fsp3) is 0.300. The molecular weight excluding hydrogens is 394 g/mol. The number of hydrogen-bond donors (Lipinski definition) is 2. The minimum Gasteiger partial charge on any atom is -0.379 e. The van der Waals surface area contributed by atoms with E-state index in [9.17, 15) is 18.0 Å². The molecular formula is C20H23N3O5S. The summed E-state index contributed by atoms with van der Waals surface area (Å²) >= 11 is 0. The third-order valence-corrected chi connectivity index (χ3v) is 6.34. The van der Waals surface area contributed by atoms with Crippen LogP contribution in [0.4, 0.5) is 0 Å². The third kappa shape index (κ3) is 5.63. The van der Waals surface area contributed by atoms with Crippen molar-refractivity contribution in [3.63, 3.8) is 0 Å². The number of hydrogen-bond acceptors (Lipinski definition) is 5. The van der Waals surface area contributed by atoms with Crippen LogP contribution in [0.25, 0.3) is 0 Å². The molecule has 0 spiro atoms. The first-order valence-electron chi connectivity index (χ1n) is 9.23. The number of nitrogens with zero attached hydrogens (tertiary/aromatic N) is 1. The maximum Gasteiger partial charge on any atom is 0.251 e. The van der Waals surface area contributed by atoms with Crippen LogP contribution in [0.15, 0.2) is 59.5 Å². The summed E-state index contributed by atoms with van der Waals surface area (Å²) in [6.07, 6.45) is 0. The van der Waals surface area contributed by atoms with Crippen molar-refractivity contribution in [2.75, 3.05) is 32.8 Å². The molecule has 29 heavy (non-hydrogen) atoms. The van der Waals surface area contributed by atoms with Crippen LogP contribution in [0, 0.1) is 0 Å². The van der Waals surface area contributed by atoms with Gasteiger partial charge in [0.1, 0.15) is 0 Å². The second-order valence-electron chi connectivity index (χ2n) is 6.49. The van der Waals surface area contributed by atoms with Gasteiger partial charge >= 0.3 is 0 Å². The van der Waals surface area contributed by atoms with Gasteiger partial charge in [-0.2, -0.15) is 4.31 Å². The molecule has 0 aliphatic carbocycles. The summed E-state index contributed by atoms with van der Waals surface area (Å²) < 4.78 is 32.0. The number of benzene rings is 2. The predicted molar refractivity (Wildman–Crippen MR) is 107 cm³/mol. The van der Waals surface area contributed by atoms with Crippen LogP contribution < -0.4 is 10.6 Å². The van der Waals surface area contributed by atoms with E-state index in [0.29, 0.717) is 19.8 Å². The summed E-state index contributed by atoms with van der Waals surface area (Å²) in [4.78, 5) is 24.3. The molecule has 1 aliphatic heterocycles. The minimum absolute atomic E-state index is 0.0422. The van der Waals surface area contributed by atoms with E-state index in [1.165, 1.54) is 28.6 Å². The van der Waals surface area contributed by atoms with E-state index < -0.39 is 15.9 Å². The van der Waals surface area contributed by atoms with Gasteiger partial charge in [0.15, 0.2) is 0 Å². The zero-order valence-electron chi connectivity index (χ0n) is 15.8. The highest BCUT2D eigenvalue weighted by atomic mass is 32.2. The Labute approximate surface area is 169 Å². The smallest absolute Gasteiger partial charge is 0.251 e. The number of amides is 2. The van der Waals surface area contributed by atoms with E-state index >= 15 is 0 Å². The van der Waals surface area contributed by atoms with E-state index in [4.69, 9.17) is 4.74 Å². The van der Waals surface area contributed by atoms with Crippen molar-refractivity contribution in [2.45, 2.75) is 11.4 Å². The van der Waals surface area contributed by atoms with Crippen molar-refractivity contribution in [3.05, 3.63) is 65.7 Å². The summed E-state index contributed by atoms with van der Waals surface area (Å²) in [6, 6.07) is 15.2. The highest BCUT2D eigenvalue weighted by Gasteiger charge is 2.26. The molecule has 8 nitrogen and oxygen atoms in total. The van der Waals surface area contributed by atoms with Gasteiger partial charge in [0.2, 0.25) is 15.9 Å². The molecule has 154 valence electrons. The third-order valence-electron chi connectivity index (χ3n) is 4.45. The molecule has 0 unspecified atom stereocenters. The van der Waals surface area contributed by atoms with Gasteiger partial charge in [0, 0.05) is 25.2 Å². The number of nitrogens with one attached hydrogen (secondary N) is 2. The molecule has 2 N–H and O–H groups in total. The highest BCUT2D eigenvalue weighted by Crippen LogP contribution is 2.18. The second kappa shape index (κ2) is 9.64. The zero-order valence-corrected chi connectivity index (χ0v) is 16.7. The number of carbonyl (C=O) groups is 2. The lowest BCUT2D eigenvalue weighted by Crippen LogP contribution is -2.40. The Morgan fingerprint density at radius 2 is 1.69 bits per heavy atom. The van der Waals surface area contributed by atoms with Crippen molar-refractivity contribution in [1.29, 1.82) is 0 Å². The molecule has 1 aliphatic rings. The highest BCUT2D eigenvalue weighted by molar-refractivity contribution is 7.89. The summed E-state index contributed by atoms with van der Waals surface area (Å²) in [5, 5.41) is 5.23. The van der Waals surface area contributed by atoms with Gasteiger partial charge in [0.25, 0.3) is 5.91 Å². The summed E-state index contributed by atoms with van der Waals surface area (Å²) in [6.45, 7) is 1.41. The number of rotatable bonds is 7. The minimum atomic E-state index is -3.69. The first kappa shape index (κ1) is 21.0. The lowest BCUT2D eigenvalue weighted by Gasteiger charge is -2.26. The molecule has 3 rings (SSSR count). The van der Waals surface area contributed by atoms with Gasteiger partial charge in [0.05, 0.1) is 24.7 Å². The van der Waals surface area contributed by atoms with Crippen molar-refractivity contribution in [3.8, 4) is 0 Å². The maximum absolute atomic E-state index is 12.7. The number of sulfonamides is 1. The van der Waals surface area contributed by atoms with Crippen molar-refractivity contribution in [1.82, 2.24) is 14.9 Å². The Morgan fingerprint density at radius 1 is 0.966 bits per heavy atom. The van der Waals surface area contributed by atoms with Gasteiger partial charge in [-0.05, 0) is 23.8 Å². The Kier molecular flexibility index (Phi) is 6.97. The summed E-state index contributed by atoms with van der Waals surface area (Å²) in [5.41, 5.74) is 1.13. The van der Waals surface area contributed by atoms with Crippen LogP contribution in [-0.4, -0.2) is 57.4 Å². The van der Waals surface area contributed by atoms with Crippen LogP contribution in [0.2, 0.25) is 0 Å². The molecule has 2 aromatic rings.